The molecule has 0 amide bonds. The first kappa shape index (κ1) is 22.7. The molecule has 2 N–H and O–H groups in total. The van der Waals surface area contributed by atoms with E-state index in [0.717, 1.165) is 44.1 Å². The van der Waals surface area contributed by atoms with E-state index in [4.69, 9.17) is 9.47 Å². The van der Waals surface area contributed by atoms with Gasteiger partial charge in [0.2, 0.25) is 10.0 Å². The lowest BCUT2D eigenvalue weighted by molar-refractivity contribution is 0.316. The zero-order valence-electron chi connectivity index (χ0n) is 18.2. The number of guanidine groups is 1. The molecule has 168 valence electrons. The molecule has 1 aromatic rings. The van der Waals surface area contributed by atoms with Gasteiger partial charge in [-0.3, -0.25) is 4.99 Å². The summed E-state index contributed by atoms with van der Waals surface area (Å²) in [4.78, 5) is 6.75. The predicted molar refractivity (Wildman–Crippen MR) is 119 cm³/mol. The number of hydrogen-bond acceptors (Lipinski definition) is 5. The van der Waals surface area contributed by atoms with Crippen molar-refractivity contribution in [3.8, 4) is 11.5 Å². The second-order valence-electron chi connectivity index (χ2n) is 7.85. The maximum atomic E-state index is 12.2. The van der Waals surface area contributed by atoms with Gasteiger partial charge >= 0.3 is 0 Å². The SMILES string of the molecule is CCNC(=NCCS(=O)(=O)NCC1CCC1)N1CCc2cc(OC)c(OC)cc2C1. The first-order valence-electron chi connectivity index (χ1n) is 10.7. The van der Waals surface area contributed by atoms with Gasteiger partial charge in [0.05, 0.1) is 26.5 Å². The molecule has 0 spiro atoms. The minimum absolute atomic E-state index is 0.00403. The number of nitrogens with zero attached hydrogens (tertiary/aromatic N) is 2. The van der Waals surface area contributed by atoms with Crippen molar-refractivity contribution in [2.75, 3.05) is 46.2 Å². The molecular weight excluding hydrogens is 404 g/mol. The molecule has 1 aliphatic heterocycles. The monoisotopic (exact) mass is 438 g/mol. The number of fused-ring (bicyclic) bond motifs is 1. The number of sulfonamides is 1. The summed E-state index contributed by atoms with van der Waals surface area (Å²) in [6.07, 6.45) is 4.32. The molecule has 0 bridgehead atoms. The Bertz CT molecular complexity index is 853. The minimum Gasteiger partial charge on any atom is -0.493 e. The van der Waals surface area contributed by atoms with E-state index in [0.29, 0.717) is 24.8 Å². The van der Waals surface area contributed by atoms with Crippen LogP contribution in [-0.2, 0) is 23.0 Å². The molecule has 0 atom stereocenters. The van der Waals surface area contributed by atoms with E-state index < -0.39 is 10.0 Å². The van der Waals surface area contributed by atoms with Crippen molar-refractivity contribution in [1.29, 1.82) is 0 Å². The van der Waals surface area contributed by atoms with Crippen molar-refractivity contribution >= 4 is 16.0 Å². The second kappa shape index (κ2) is 10.3. The van der Waals surface area contributed by atoms with Gasteiger partial charge in [0, 0.05) is 26.2 Å². The van der Waals surface area contributed by atoms with Crippen molar-refractivity contribution in [2.24, 2.45) is 10.9 Å². The van der Waals surface area contributed by atoms with Crippen LogP contribution in [0.15, 0.2) is 17.1 Å². The zero-order chi connectivity index (χ0) is 21.6. The standard InChI is InChI=1S/C21H34N4O4S/c1-4-22-21(23-9-11-30(26,27)24-14-16-6-5-7-16)25-10-8-17-12-19(28-2)20(29-3)13-18(17)15-25/h12-13,16,24H,4-11,14-15H2,1-3H3,(H,22,23). The highest BCUT2D eigenvalue weighted by Gasteiger charge is 2.23. The Morgan fingerprint density at radius 1 is 1.20 bits per heavy atom. The first-order chi connectivity index (χ1) is 14.5. The van der Waals surface area contributed by atoms with E-state index in [1.165, 1.54) is 17.5 Å². The third kappa shape index (κ3) is 5.78. The summed E-state index contributed by atoms with van der Waals surface area (Å²) in [5.74, 6) is 2.70. The van der Waals surface area contributed by atoms with E-state index in [1.807, 2.05) is 19.1 Å². The minimum atomic E-state index is -3.29. The van der Waals surface area contributed by atoms with Gasteiger partial charge in [0.15, 0.2) is 17.5 Å². The van der Waals surface area contributed by atoms with Crippen LogP contribution in [0.3, 0.4) is 0 Å². The number of rotatable bonds is 9. The highest BCUT2D eigenvalue weighted by molar-refractivity contribution is 7.89. The quantitative estimate of drug-likeness (QED) is 0.451. The van der Waals surface area contributed by atoms with Gasteiger partial charge in [-0.2, -0.15) is 0 Å². The number of nitrogens with one attached hydrogen (secondary N) is 2. The van der Waals surface area contributed by atoms with Gasteiger partial charge in [-0.15, -0.1) is 0 Å². The zero-order valence-corrected chi connectivity index (χ0v) is 19.1. The second-order valence-corrected chi connectivity index (χ2v) is 9.77. The Morgan fingerprint density at radius 3 is 2.50 bits per heavy atom. The summed E-state index contributed by atoms with van der Waals surface area (Å²) in [7, 11) is -0.0153. The fourth-order valence-electron chi connectivity index (χ4n) is 3.78. The van der Waals surface area contributed by atoms with Gasteiger partial charge in [0.1, 0.15) is 0 Å². The lowest BCUT2D eigenvalue weighted by Crippen LogP contribution is -2.44. The van der Waals surface area contributed by atoms with Crippen molar-refractivity contribution in [2.45, 2.75) is 39.2 Å². The van der Waals surface area contributed by atoms with E-state index in [9.17, 15) is 8.42 Å². The molecule has 0 radical (unpaired) electrons. The Kier molecular flexibility index (Phi) is 7.82. The Hall–Kier alpha value is -2.00. The van der Waals surface area contributed by atoms with E-state index >= 15 is 0 Å². The fraction of sp³-hybridized carbons (Fsp3) is 0.667. The Balaban J connectivity index is 1.63. The molecule has 8 nitrogen and oxygen atoms in total. The van der Waals surface area contributed by atoms with Gasteiger partial charge < -0.3 is 19.7 Å². The summed E-state index contributed by atoms with van der Waals surface area (Å²) in [6, 6.07) is 4.05. The largest absolute Gasteiger partial charge is 0.493 e. The molecule has 1 heterocycles. The summed E-state index contributed by atoms with van der Waals surface area (Å²) in [5, 5.41) is 3.29. The molecule has 1 aliphatic carbocycles. The van der Waals surface area contributed by atoms with Crippen LogP contribution in [-0.4, -0.2) is 65.4 Å². The number of aliphatic imine (C=N–C) groups is 1. The average Bonchev–Trinajstić information content (AvgIpc) is 2.70. The van der Waals surface area contributed by atoms with E-state index in [1.54, 1.807) is 14.2 Å². The van der Waals surface area contributed by atoms with E-state index in [-0.39, 0.29) is 12.3 Å². The molecule has 0 unspecified atom stereocenters. The molecule has 3 rings (SSSR count). The van der Waals surface area contributed by atoms with Crippen LogP contribution in [0.25, 0.3) is 0 Å². The van der Waals surface area contributed by atoms with Crippen molar-refractivity contribution in [3.63, 3.8) is 0 Å². The number of benzene rings is 1. The lowest BCUT2D eigenvalue weighted by Gasteiger charge is -2.32. The third-order valence-corrected chi connectivity index (χ3v) is 7.12. The van der Waals surface area contributed by atoms with Gasteiger partial charge in [-0.1, -0.05) is 6.42 Å². The Morgan fingerprint density at radius 2 is 1.90 bits per heavy atom. The first-order valence-corrected chi connectivity index (χ1v) is 12.3. The third-order valence-electron chi connectivity index (χ3n) is 5.79. The summed E-state index contributed by atoms with van der Waals surface area (Å²) in [6.45, 7) is 5.02. The summed E-state index contributed by atoms with van der Waals surface area (Å²) < 4.78 is 38.1. The molecule has 1 aromatic carbocycles. The van der Waals surface area contributed by atoms with Crippen LogP contribution in [0, 0.1) is 5.92 Å². The van der Waals surface area contributed by atoms with Crippen molar-refractivity contribution < 1.29 is 17.9 Å². The lowest BCUT2D eigenvalue weighted by atomic mass is 9.86. The molecule has 2 aliphatic rings. The maximum Gasteiger partial charge on any atom is 0.213 e. The normalized spacial score (nSPS) is 17.3. The number of ether oxygens (including phenoxy) is 2. The summed E-state index contributed by atoms with van der Waals surface area (Å²) >= 11 is 0. The number of methoxy groups -OCH3 is 2. The average molecular weight is 439 g/mol. The molecule has 0 saturated heterocycles. The van der Waals surface area contributed by atoms with Crippen molar-refractivity contribution in [1.82, 2.24) is 14.9 Å². The highest BCUT2D eigenvalue weighted by atomic mass is 32.2. The molecule has 9 heteroatoms. The topological polar surface area (TPSA) is 92.3 Å². The highest BCUT2D eigenvalue weighted by Crippen LogP contribution is 2.33. The Labute approximate surface area is 180 Å². The van der Waals surface area contributed by atoms with Gasteiger partial charge in [-0.05, 0) is 55.4 Å². The van der Waals surface area contributed by atoms with Crippen LogP contribution in [0.5, 0.6) is 11.5 Å². The smallest absolute Gasteiger partial charge is 0.213 e. The van der Waals surface area contributed by atoms with Crippen LogP contribution in [0.1, 0.15) is 37.3 Å². The fourth-order valence-corrected chi connectivity index (χ4v) is 4.74. The molecule has 1 saturated carbocycles. The van der Waals surface area contributed by atoms with Crippen LogP contribution in [0.2, 0.25) is 0 Å². The van der Waals surface area contributed by atoms with Gasteiger partial charge in [-0.25, -0.2) is 13.1 Å². The molecule has 1 fully saturated rings. The van der Waals surface area contributed by atoms with Gasteiger partial charge in [0.25, 0.3) is 0 Å². The van der Waals surface area contributed by atoms with Crippen LogP contribution in [0.4, 0.5) is 0 Å². The molecular formula is C21H34N4O4S. The van der Waals surface area contributed by atoms with Crippen LogP contribution < -0.4 is 19.5 Å². The predicted octanol–water partition coefficient (Wildman–Crippen LogP) is 1.75. The summed E-state index contributed by atoms with van der Waals surface area (Å²) in [5.41, 5.74) is 2.40. The number of hydrogen-bond donors (Lipinski definition) is 2. The van der Waals surface area contributed by atoms with Crippen LogP contribution >= 0.6 is 0 Å². The molecule has 30 heavy (non-hydrogen) atoms. The van der Waals surface area contributed by atoms with Crippen molar-refractivity contribution in [3.05, 3.63) is 23.3 Å². The maximum absolute atomic E-state index is 12.2. The van der Waals surface area contributed by atoms with E-state index in [2.05, 4.69) is 19.9 Å². The molecule has 0 aromatic heterocycles.